The van der Waals surface area contributed by atoms with E-state index in [4.69, 9.17) is 4.74 Å². The van der Waals surface area contributed by atoms with E-state index in [0.29, 0.717) is 12.1 Å². The summed E-state index contributed by atoms with van der Waals surface area (Å²) in [7, 11) is 0. The number of fused-ring (bicyclic) bond motifs is 1. The SMILES string of the molecule is CC(C)C[C@H](NC(=O)OCc1ccccc1)C(=O)N[C@@H](Cc1ccccc1)C(=O)C(=O)NCc1ccc2ccccc2n1. The minimum atomic E-state index is -1.16. The lowest BCUT2D eigenvalue weighted by Gasteiger charge is -2.23. The van der Waals surface area contributed by atoms with Gasteiger partial charge in [-0.2, -0.15) is 0 Å². The number of para-hydroxylation sites is 1. The molecule has 1 aromatic heterocycles. The molecule has 0 saturated heterocycles. The molecular weight excluding hydrogens is 544 g/mol. The number of pyridine rings is 1. The van der Waals surface area contributed by atoms with Crippen molar-refractivity contribution in [3.63, 3.8) is 0 Å². The molecule has 3 aromatic carbocycles. The lowest BCUT2D eigenvalue weighted by Crippen LogP contribution is -2.54. The van der Waals surface area contributed by atoms with Crippen molar-refractivity contribution in [1.29, 1.82) is 0 Å². The van der Waals surface area contributed by atoms with Gasteiger partial charge < -0.3 is 20.7 Å². The predicted molar refractivity (Wildman–Crippen MR) is 164 cm³/mol. The van der Waals surface area contributed by atoms with Crippen LogP contribution in [0.3, 0.4) is 0 Å². The molecule has 0 aliphatic rings. The minimum absolute atomic E-state index is 0.0457. The van der Waals surface area contributed by atoms with Gasteiger partial charge in [0.1, 0.15) is 18.7 Å². The maximum absolute atomic E-state index is 13.4. The summed E-state index contributed by atoms with van der Waals surface area (Å²) >= 11 is 0. The Morgan fingerprint density at radius 1 is 0.744 bits per heavy atom. The Labute approximate surface area is 251 Å². The first-order valence-electron chi connectivity index (χ1n) is 14.3. The molecule has 0 unspecified atom stereocenters. The van der Waals surface area contributed by atoms with Crippen molar-refractivity contribution in [2.75, 3.05) is 0 Å². The Kier molecular flexibility index (Phi) is 11.0. The Morgan fingerprint density at radius 2 is 1.40 bits per heavy atom. The molecule has 43 heavy (non-hydrogen) atoms. The van der Waals surface area contributed by atoms with E-state index in [9.17, 15) is 19.2 Å². The first-order valence-corrected chi connectivity index (χ1v) is 14.3. The number of hydrogen-bond acceptors (Lipinski definition) is 6. The van der Waals surface area contributed by atoms with Crippen molar-refractivity contribution < 1.29 is 23.9 Å². The third kappa shape index (κ3) is 9.49. The van der Waals surface area contributed by atoms with Gasteiger partial charge in [-0.1, -0.05) is 98.8 Å². The van der Waals surface area contributed by atoms with E-state index < -0.39 is 35.8 Å². The van der Waals surface area contributed by atoms with Crippen molar-refractivity contribution in [3.05, 3.63) is 114 Å². The summed E-state index contributed by atoms with van der Waals surface area (Å²) in [5.74, 6) is -2.17. The van der Waals surface area contributed by atoms with Gasteiger partial charge in [0.05, 0.1) is 17.8 Å². The summed E-state index contributed by atoms with van der Waals surface area (Å²) in [6.45, 7) is 3.92. The van der Waals surface area contributed by atoms with E-state index in [1.165, 1.54) is 0 Å². The second-order valence-electron chi connectivity index (χ2n) is 10.7. The number of nitrogens with one attached hydrogen (secondary N) is 3. The smallest absolute Gasteiger partial charge is 0.408 e. The van der Waals surface area contributed by atoms with Crippen LogP contribution in [0.4, 0.5) is 4.79 Å². The van der Waals surface area contributed by atoms with Crippen LogP contribution in [-0.4, -0.2) is 40.8 Å². The predicted octanol–water partition coefficient (Wildman–Crippen LogP) is 4.49. The Hall–Kier alpha value is -5.05. The molecule has 1 heterocycles. The highest BCUT2D eigenvalue weighted by Gasteiger charge is 2.31. The molecule has 2 atom stereocenters. The number of ether oxygens (including phenoxy) is 1. The van der Waals surface area contributed by atoms with E-state index in [-0.39, 0.29) is 25.5 Å². The summed E-state index contributed by atoms with van der Waals surface area (Å²) in [5.41, 5.74) is 2.95. The molecule has 4 rings (SSSR count). The van der Waals surface area contributed by atoms with Gasteiger partial charge in [-0.05, 0) is 35.6 Å². The molecule has 4 aromatic rings. The lowest BCUT2D eigenvalue weighted by atomic mass is 9.99. The van der Waals surface area contributed by atoms with Crippen molar-refractivity contribution in [1.82, 2.24) is 20.9 Å². The number of Topliss-reactive ketones (excluding diaryl/α,β-unsaturated/α-hetero) is 1. The summed E-state index contributed by atoms with van der Waals surface area (Å²) < 4.78 is 5.31. The van der Waals surface area contributed by atoms with Crippen LogP contribution in [0.5, 0.6) is 0 Å². The average molecular weight is 581 g/mol. The number of carbonyl (C=O) groups excluding carboxylic acids is 4. The fraction of sp³-hybridized carbons (Fsp3) is 0.265. The molecule has 0 aliphatic carbocycles. The molecule has 0 saturated carbocycles. The zero-order valence-electron chi connectivity index (χ0n) is 24.3. The summed E-state index contributed by atoms with van der Waals surface area (Å²) in [4.78, 5) is 57.0. The molecule has 9 heteroatoms. The van der Waals surface area contributed by atoms with Gasteiger partial charge in [0.25, 0.3) is 5.91 Å². The normalized spacial score (nSPS) is 12.3. The zero-order chi connectivity index (χ0) is 30.6. The van der Waals surface area contributed by atoms with Gasteiger partial charge in [-0.15, -0.1) is 0 Å². The average Bonchev–Trinajstić information content (AvgIpc) is 3.02. The van der Waals surface area contributed by atoms with Crippen molar-refractivity contribution in [2.45, 2.75) is 51.9 Å². The van der Waals surface area contributed by atoms with Crippen LogP contribution in [0.25, 0.3) is 10.9 Å². The van der Waals surface area contributed by atoms with E-state index in [0.717, 1.165) is 22.0 Å². The summed E-state index contributed by atoms with van der Waals surface area (Å²) in [6, 6.07) is 27.4. The van der Waals surface area contributed by atoms with Gasteiger partial charge in [-0.25, -0.2) is 4.79 Å². The Bertz CT molecular complexity index is 1540. The van der Waals surface area contributed by atoms with Crippen LogP contribution in [0.15, 0.2) is 97.1 Å². The highest BCUT2D eigenvalue weighted by molar-refractivity contribution is 6.38. The van der Waals surface area contributed by atoms with Crippen LogP contribution in [0.1, 0.15) is 37.1 Å². The number of ketones is 1. The molecule has 3 amide bonds. The first kappa shape index (κ1) is 30.9. The summed E-state index contributed by atoms with van der Waals surface area (Å²) in [6.07, 6.45) is -0.352. The Morgan fingerprint density at radius 3 is 2.09 bits per heavy atom. The molecular formula is C34H36N4O5. The van der Waals surface area contributed by atoms with Crippen LogP contribution in [0, 0.1) is 5.92 Å². The van der Waals surface area contributed by atoms with Gasteiger partial charge in [0, 0.05) is 11.8 Å². The lowest BCUT2D eigenvalue weighted by molar-refractivity contribution is -0.140. The third-order valence-corrected chi connectivity index (χ3v) is 6.75. The van der Waals surface area contributed by atoms with Gasteiger partial charge in [0.15, 0.2) is 0 Å². The van der Waals surface area contributed by atoms with Gasteiger partial charge >= 0.3 is 6.09 Å². The Balaban J connectivity index is 1.43. The number of carbonyl (C=O) groups is 4. The maximum atomic E-state index is 13.4. The fourth-order valence-corrected chi connectivity index (χ4v) is 4.56. The monoisotopic (exact) mass is 580 g/mol. The van der Waals surface area contributed by atoms with Crippen molar-refractivity contribution >= 4 is 34.6 Å². The quantitative estimate of drug-likeness (QED) is 0.200. The molecule has 9 nitrogen and oxygen atoms in total. The number of alkyl carbamates (subject to hydrolysis) is 1. The molecule has 0 radical (unpaired) electrons. The van der Waals surface area contributed by atoms with E-state index in [2.05, 4.69) is 20.9 Å². The molecule has 222 valence electrons. The molecule has 0 spiro atoms. The maximum Gasteiger partial charge on any atom is 0.408 e. The molecule has 0 fully saturated rings. The number of rotatable bonds is 13. The fourth-order valence-electron chi connectivity index (χ4n) is 4.56. The second-order valence-corrected chi connectivity index (χ2v) is 10.7. The van der Waals surface area contributed by atoms with E-state index in [1.807, 2.05) is 105 Å². The number of nitrogens with zero attached hydrogens (tertiary/aromatic N) is 1. The van der Waals surface area contributed by atoms with Crippen LogP contribution in [-0.2, 0) is 38.7 Å². The number of benzene rings is 3. The van der Waals surface area contributed by atoms with Crippen LogP contribution < -0.4 is 16.0 Å². The summed E-state index contributed by atoms with van der Waals surface area (Å²) in [5, 5.41) is 8.94. The van der Waals surface area contributed by atoms with Crippen LogP contribution >= 0.6 is 0 Å². The highest BCUT2D eigenvalue weighted by Crippen LogP contribution is 2.12. The highest BCUT2D eigenvalue weighted by atomic mass is 16.5. The van der Waals surface area contributed by atoms with Crippen molar-refractivity contribution in [2.24, 2.45) is 5.92 Å². The second kappa shape index (κ2) is 15.3. The first-order chi connectivity index (χ1) is 20.8. The topological polar surface area (TPSA) is 126 Å². The van der Waals surface area contributed by atoms with Crippen molar-refractivity contribution in [3.8, 4) is 0 Å². The van der Waals surface area contributed by atoms with E-state index >= 15 is 0 Å². The molecule has 0 bridgehead atoms. The third-order valence-electron chi connectivity index (χ3n) is 6.75. The van der Waals surface area contributed by atoms with Gasteiger partial charge in [-0.3, -0.25) is 19.4 Å². The largest absolute Gasteiger partial charge is 0.445 e. The number of amides is 3. The zero-order valence-corrected chi connectivity index (χ0v) is 24.3. The molecule has 3 N–H and O–H groups in total. The number of hydrogen-bond donors (Lipinski definition) is 3. The molecule has 0 aliphatic heterocycles. The van der Waals surface area contributed by atoms with Gasteiger partial charge in [0.2, 0.25) is 11.7 Å². The minimum Gasteiger partial charge on any atom is -0.445 e. The standard InChI is InChI=1S/C34H36N4O5/c1-23(2)19-30(38-34(42)43-22-25-13-7-4-8-14-25)32(40)37-29(20-24-11-5-3-6-12-24)31(39)33(41)35-21-27-18-17-26-15-9-10-16-28(26)36-27/h3-18,23,29-30H,19-22H2,1-2H3,(H,35,41)(H,37,40)(H,38,42)/t29-,30-/m0/s1. The van der Waals surface area contributed by atoms with E-state index in [1.54, 1.807) is 6.07 Å². The van der Waals surface area contributed by atoms with Crippen LogP contribution in [0.2, 0.25) is 0 Å². The number of aromatic nitrogens is 1.